The molecule has 2 nitrogen and oxygen atoms in total. The van der Waals surface area contributed by atoms with Crippen LogP contribution >= 0.6 is 0 Å². The molecule has 0 spiro atoms. The van der Waals surface area contributed by atoms with Gasteiger partial charge in [0.2, 0.25) is 0 Å². The SMILES string of the molecule is CCOc1cccc(C2(CN)CC2(F)F)c1. The summed E-state index contributed by atoms with van der Waals surface area (Å²) in [5.74, 6) is -2.05. The Morgan fingerprint density at radius 3 is 2.62 bits per heavy atom. The van der Waals surface area contributed by atoms with E-state index >= 15 is 0 Å². The third-order valence-electron chi connectivity index (χ3n) is 3.15. The first kappa shape index (κ1) is 11.3. The maximum atomic E-state index is 13.3. The van der Waals surface area contributed by atoms with E-state index in [1.165, 1.54) is 0 Å². The lowest BCUT2D eigenvalue weighted by atomic mass is 9.95. The summed E-state index contributed by atoms with van der Waals surface area (Å²) in [6.45, 7) is 2.35. The molecule has 2 rings (SSSR count). The lowest BCUT2D eigenvalue weighted by Gasteiger charge is -2.15. The maximum absolute atomic E-state index is 13.3. The molecule has 1 aliphatic rings. The third-order valence-corrected chi connectivity index (χ3v) is 3.15. The second kappa shape index (κ2) is 3.70. The van der Waals surface area contributed by atoms with E-state index in [4.69, 9.17) is 10.5 Å². The van der Waals surface area contributed by atoms with Crippen molar-refractivity contribution in [3.05, 3.63) is 29.8 Å². The summed E-state index contributed by atoms with van der Waals surface area (Å²) in [6, 6.07) is 6.84. The molecule has 0 amide bonds. The topological polar surface area (TPSA) is 35.2 Å². The van der Waals surface area contributed by atoms with Gasteiger partial charge >= 0.3 is 0 Å². The Hall–Kier alpha value is -1.16. The molecule has 0 heterocycles. The molecule has 88 valence electrons. The molecule has 0 saturated heterocycles. The number of hydrogen-bond donors (Lipinski definition) is 1. The molecule has 0 radical (unpaired) electrons. The van der Waals surface area contributed by atoms with Gasteiger partial charge in [-0.2, -0.15) is 0 Å². The van der Waals surface area contributed by atoms with Gasteiger partial charge in [-0.1, -0.05) is 12.1 Å². The summed E-state index contributed by atoms with van der Waals surface area (Å²) in [5, 5.41) is 0. The molecule has 4 heteroatoms. The lowest BCUT2D eigenvalue weighted by molar-refractivity contribution is 0.0896. The Kier molecular flexibility index (Phi) is 2.62. The van der Waals surface area contributed by atoms with E-state index in [1.54, 1.807) is 24.3 Å². The number of benzene rings is 1. The zero-order valence-electron chi connectivity index (χ0n) is 9.17. The minimum absolute atomic E-state index is 0.0322. The van der Waals surface area contributed by atoms with Crippen molar-refractivity contribution in [2.24, 2.45) is 5.73 Å². The standard InChI is InChI=1S/C12H15F2NO/c1-2-16-10-5-3-4-9(6-10)11(8-15)7-12(11,13)14/h3-6H,2,7-8,15H2,1H3. The quantitative estimate of drug-likeness (QED) is 0.856. The van der Waals surface area contributed by atoms with Crippen LogP contribution < -0.4 is 10.5 Å². The van der Waals surface area contributed by atoms with Crippen LogP contribution in [-0.4, -0.2) is 19.1 Å². The number of alkyl halides is 2. The van der Waals surface area contributed by atoms with Gasteiger partial charge in [0.25, 0.3) is 5.92 Å². The number of nitrogens with two attached hydrogens (primary N) is 1. The normalized spacial score (nSPS) is 26.5. The fourth-order valence-electron chi connectivity index (χ4n) is 2.04. The molecule has 0 bridgehead atoms. The average molecular weight is 227 g/mol. The summed E-state index contributed by atoms with van der Waals surface area (Å²) >= 11 is 0. The van der Waals surface area contributed by atoms with Crippen LogP contribution in [-0.2, 0) is 5.41 Å². The predicted molar refractivity (Wildman–Crippen MR) is 57.9 cm³/mol. The van der Waals surface area contributed by atoms with Gasteiger partial charge in [-0.15, -0.1) is 0 Å². The summed E-state index contributed by atoms with van der Waals surface area (Å²) in [6.07, 6.45) is -0.161. The van der Waals surface area contributed by atoms with E-state index in [-0.39, 0.29) is 13.0 Å². The largest absolute Gasteiger partial charge is 0.494 e. The van der Waals surface area contributed by atoms with Crippen molar-refractivity contribution in [2.75, 3.05) is 13.2 Å². The highest BCUT2D eigenvalue weighted by molar-refractivity contribution is 5.42. The van der Waals surface area contributed by atoms with Crippen LogP contribution in [0.25, 0.3) is 0 Å². The number of halogens is 2. The van der Waals surface area contributed by atoms with Gasteiger partial charge in [-0.05, 0) is 24.6 Å². The van der Waals surface area contributed by atoms with E-state index in [9.17, 15) is 8.78 Å². The van der Waals surface area contributed by atoms with Crippen molar-refractivity contribution in [1.29, 1.82) is 0 Å². The van der Waals surface area contributed by atoms with Crippen molar-refractivity contribution in [3.8, 4) is 5.75 Å². The number of hydrogen-bond acceptors (Lipinski definition) is 2. The fraction of sp³-hybridized carbons (Fsp3) is 0.500. The molecule has 1 atom stereocenters. The van der Waals surface area contributed by atoms with Gasteiger partial charge in [0.15, 0.2) is 0 Å². The Morgan fingerprint density at radius 2 is 2.12 bits per heavy atom. The Balaban J connectivity index is 2.30. The van der Waals surface area contributed by atoms with E-state index in [1.807, 2.05) is 6.92 Å². The van der Waals surface area contributed by atoms with Crippen LogP contribution in [0.2, 0.25) is 0 Å². The zero-order valence-corrected chi connectivity index (χ0v) is 9.17. The summed E-state index contributed by atoms with van der Waals surface area (Å²) < 4.78 is 32.0. The number of ether oxygens (including phenoxy) is 1. The van der Waals surface area contributed by atoms with Crippen molar-refractivity contribution in [1.82, 2.24) is 0 Å². The van der Waals surface area contributed by atoms with Crippen molar-refractivity contribution < 1.29 is 13.5 Å². The Morgan fingerprint density at radius 1 is 1.44 bits per heavy atom. The molecule has 1 unspecified atom stereocenters. The lowest BCUT2D eigenvalue weighted by Crippen LogP contribution is -2.26. The molecule has 1 fully saturated rings. The molecule has 2 N–H and O–H groups in total. The van der Waals surface area contributed by atoms with Crippen LogP contribution in [0.3, 0.4) is 0 Å². The second-order valence-electron chi connectivity index (χ2n) is 4.13. The number of rotatable bonds is 4. The van der Waals surface area contributed by atoms with E-state index < -0.39 is 11.3 Å². The molecular formula is C12H15F2NO. The van der Waals surface area contributed by atoms with E-state index in [0.29, 0.717) is 17.9 Å². The highest BCUT2D eigenvalue weighted by Gasteiger charge is 2.71. The molecular weight excluding hydrogens is 212 g/mol. The second-order valence-corrected chi connectivity index (χ2v) is 4.13. The van der Waals surface area contributed by atoms with Crippen LogP contribution in [0.5, 0.6) is 5.75 Å². The maximum Gasteiger partial charge on any atom is 0.260 e. The highest BCUT2D eigenvalue weighted by atomic mass is 19.3. The predicted octanol–water partition coefficient (Wildman–Crippen LogP) is 2.32. The van der Waals surface area contributed by atoms with Gasteiger partial charge in [0.1, 0.15) is 5.75 Å². The van der Waals surface area contributed by atoms with Crippen LogP contribution in [0.4, 0.5) is 8.78 Å². The van der Waals surface area contributed by atoms with Gasteiger partial charge in [-0.25, -0.2) is 8.78 Å². The monoisotopic (exact) mass is 227 g/mol. The highest BCUT2D eigenvalue weighted by Crippen LogP contribution is 2.61. The minimum atomic E-state index is -2.67. The average Bonchev–Trinajstić information content (AvgIpc) is 2.83. The summed E-state index contributed by atoms with van der Waals surface area (Å²) in [7, 11) is 0. The smallest absolute Gasteiger partial charge is 0.260 e. The van der Waals surface area contributed by atoms with Gasteiger partial charge in [0, 0.05) is 13.0 Å². The van der Waals surface area contributed by atoms with Crippen LogP contribution in [0.15, 0.2) is 24.3 Å². The Bertz CT molecular complexity index is 394. The van der Waals surface area contributed by atoms with Gasteiger partial charge < -0.3 is 10.5 Å². The fourth-order valence-corrected chi connectivity index (χ4v) is 2.04. The summed E-state index contributed by atoms with van der Waals surface area (Å²) in [5.41, 5.74) is 4.89. The van der Waals surface area contributed by atoms with Crippen LogP contribution in [0.1, 0.15) is 18.9 Å². The molecule has 1 aromatic carbocycles. The minimum Gasteiger partial charge on any atom is -0.494 e. The molecule has 1 aliphatic carbocycles. The Labute approximate surface area is 93.4 Å². The van der Waals surface area contributed by atoms with Crippen molar-refractivity contribution in [2.45, 2.75) is 24.7 Å². The first-order chi connectivity index (χ1) is 7.55. The molecule has 0 aliphatic heterocycles. The van der Waals surface area contributed by atoms with E-state index in [0.717, 1.165) is 0 Å². The molecule has 1 saturated carbocycles. The first-order valence-electron chi connectivity index (χ1n) is 5.37. The molecule has 16 heavy (non-hydrogen) atoms. The zero-order chi connectivity index (χ0) is 11.8. The first-order valence-corrected chi connectivity index (χ1v) is 5.37. The van der Waals surface area contributed by atoms with Crippen molar-refractivity contribution >= 4 is 0 Å². The van der Waals surface area contributed by atoms with E-state index in [2.05, 4.69) is 0 Å². The summed E-state index contributed by atoms with van der Waals surface area (Å²) in [4.78, 5) is 0. The molecule has 0 aromatic heterocycles. The van der Waals surface area contributed by atoms with Crippen molar-refractivity contribution in [3.63, 3.8) is 0 Å². The molecule has 1 aromatic rings. The van der Waals surface area contributed by atoms with Gasteiger partial charge in [-0.3, -0.25) is 0 Å². The van der Waals surface area contributed by atoms with Gasteiger partial charge in [0.05, 0.1) is 12.0 Å². The third kappa shape index (κ3) is 1.57. The van der Waals surface area contributed by atoms with Crippen LogP contribution in [0, 0.1) is 0 Å².